The SMILES string of the molecule is CN1C(=O)N(CCCC(CS(=O)(=O)N2CC=C(NOc3ccc(C#N)cc3)CC2)C(=O)OC(C)(C)C)C(=O)C1(C)C. The van der Waals surface area contributed by atoms with Gasteiger partial charge in [-0.1, -0.05) is 0 Å². The summed E-state index contributed by atoms with van der Waals surface area (Å²) in [5.41, 5.74) is 2.26. The van der Waals surface area contributed by atoms with Gasteiger partial charge in [-0.15, -0.1) is 0 Å². The highest BCUT2D eigenvalue weighted by molar-refractivity contribution is 7.89. The van der Waals surface area contributed by atoms with Crippen molar-refractivity contribution in [3.63, 3.8) is 0 Å². The van der Waals surface area contributed by atoms with Crippen LogP contribution in [0.1, 0.15) is 59.4 Å². The van der Waals surface area contributed by atoms with Gasteiger partial charge in [0.25, 0.3) is 5.91 Å². The topological polar surface area (TPSA) is 149 Å². The van der Waals surface area contributed by atoms with E-state index in [4.69, 9.17) is 14.8 Å². The molecule has 0 radical (unpaired) electrons. The number of benzene rings is 1. The molecule has 2 aliphatic rings. The van der Waals surface area contributed by atoms with Crippen LogP contribution in [0.4, 0.5) is 4.79 Å². The predicted octanol–water partition coefficient (Wildman–Crippen LogP) is 2.77. The Labute approximate surface area is 241 Å². The fourth-order valence-electron chi connectivity index (χ4n) is 4.41. The maximum atomic E-state index is 13.3. The monoisotopic (exact) mass is 589 g/mol. The fourth-order valence-corrected chi connectivity index (χ4v) is 6.10. The zero-order chi connectivity index (χ0) is 30.6. The summed E-state index contributed by atoms with van der Waals surface area (Å²) in [5.74, 6) is -1.88. The number of hydrogen-bond donors (Lipinski definition) is 1. The number of carbonyl (C=O) groups excluding carboxylic acids is 3. The van der Waals surface area contributed by atoms with Crippen LogP contribution in [0.3, 0.4) is 0 Å². The van der Waals surface area contributed by atoms with Gasteiger partial charge in [-0.25, -0.2) is 18.7 Å². The number of carbonyl (C=O) groups is 3. The fraction of sp³-hybridized carbons (Fsp3) is 0.571. The molecule has 1 aromatic carbocycles. The average molecular weight is 590 g/mol. The van der Waals surface area contributed by atoms with Gasteiger partial charge < -0.3 is 14.5 Å². The molecule has 224 valence electrons. The summed E-state index contributed by atoms with van der Waals surface area (Å²) in [6.07, 6.45) is 2.46. The molecule has 3 rings (SSSR count). The molecule has 1 unspecified atom stereocenters. The van der Waals surface area contributed by atoms with E-state index in [9.17, 15) is 22.8 Å². The smallest absolute Gasteiger partial charge is 0.327 e. The number of amides is 3. The summed E-state index contributed by atoms with van der Waals surface area (Å²) in [7, 11) is -2.29. The maximum Gasteiger partial charge on any atom is 0.327 e. The molecule has 0 aromatic heterocycles. The van der Waals surface area contributed by atoms with Crippen LogP contribution in [0.15, 0.2) is 36.0 Å². The van der Waals surface area contributed by atoms with Crippen LogP contribution >= 0.6 is 0 Å². The van der Waals surface area contributed by atoms with Gasteiger partial charge in [-0.2, -0.15) is 9.57 Å². The average Bonchev–Trinajstić information content (AvgIpc) is 3.05. The summed E-state index contributed by atoms with van der Waals surface area (Å²) in [4.78, 5) is 46.3. The van der Waals surface area contributed by atoms with E-state index < -0.39 is 44.8 Å². The minimum Gasteiger partial charge on any atom is -0.460 e. The van der Waals surface area contributed by atoms with Crippen LogP contribution in [-0.4, -0.2) is 84.0 Å². The van der Waals surface area contributed by atoms with E-state index in [1.807, 2.05) is 6.07 Å². The van der Waals surface area contributed by atoms with E-state index >= 15 is 0 Å². The van der Waals surface area contributed by atoms with Crippen molar-refractivity contribution in [1.29, 1.82) is 5.26 Å². The van der Waals surface area contributed by atoms with E-state index in [-0.39, 0.29) is 38.4 Å². The second-order valence-electron chi connectivity index (χ2n) is 11.7. The Bertz CT molecular complexity index is 1330. The molecule has 41 heavy (non-hydrogen) atoms. The summed E-state index contributed by atoms with van der Waals surface area (Å²) < 4.78 is 33.5. The van der Waals surface area contributed by atoms with Gasteiger partial charge in [0.15, 0.2) is 5.75 Å². The first kappa shape index (κ1) is 31.9. The van der Waals surface area contributed by atoms with Gasteiger partial charge in [-0.05, 0) is 77.8 Å². The van der Waals surface area contributed by atoms with Crippen LogP contribution in [0, 0.1) is 17.2 Å². The molecule has 1 saturated heterocycles. The van der Waals surface area contributed by atoms with E-state index in [0.29, 0.717) is 23.4 Å². The number of rotatable bonds is 11. The number of sulfonamides is 1. The largest absolute Gasteiger partial charge is 0.460 e. The number of nitriles is 1. The number of nitrogens with one attached hydrogen (secondary N) is 1. The number of nitrogens with zero attached hydrogens (tertiary/aromatic N) is 4. The van der Waals surface area contributed by atoms with Crippen LogP contribution in [0.2, 0.25) is 0 Å². The Morgan fingerprint density at radius 2 is 1.85 bits per heavy atom. The Morgan fingerprint density at radius 3 is 2.37 bits per heavy atom. The Hall–Kier alpha value is -3.63. The van der Waals surface area contributed by atoms with Crippen molar-refractivity contribution >= 4 is 27.9 Å². The Balaban J connectivity index is 1.62. The summed E-state index contributed by atoms with van der Waals surface area (Å²) in [5, 5.41) is 8.90. The molecule has 1 fully saturated rings. The highest BCUT2D eigenvalue weighted by Gasteiger charge is 2.49. The minimum atomic E-state index is -3.85. The lowest BCUT2D eigenvalue weighted by Crippen LogP contribution is -2.42. The normalized spacial score (nSPS) is 18.5. The molecule has 1 atom stereocenters. The molecule has 1 N–H and O–H groups in total. The van der Waals surface area contributed by atoms with Gasteiger partial charge in [0.2, 0.25) is 10.0 Å². The van der Waals surface area contributed by atoms with Crippen LogP contribution < -0.4 is 10.3 Å². The molecule has 2 aliphatic heterocycles. The summed E-state index contributed by atoms with van der Waals surface area (Å²) in [6, 6.07) is 8.16. The van der Waals surface area contributed by atoms with E-state index in [1.54, 1.807) is 72.0 Å². The molecule has 12 nitrogen and oxygen atoms in total. The molecule has 3 amide bonds. The Morgan fingerprint density at radius 1 is 1.20 bits per heavy atom. The molecular weight excluding hydrogens is 550 g/mol. The lowest BCUT2D eigenvalue weighted by atomic mass is 10.0. The van der Waals surface area contributed by atoms with Crippen molar-refractivity contribution in [2.75, 3.05) is 32.4 Å². The molecule has 13 heteroatoms. The lowest BCUT2D eigenvalue weighted by molar-refractivity contribution is -0.159. The quantitative estimate of drug-likeness (QED) is 0.234. The van der Waals surface area contributed by atoms with Crippen LogP contribution in [-0.2, 0) is 24.3 Å². The molecule has 1 aromatic rings. The van der Waals surface area contributed by atoms with Crippen LogP contribution in [0.5, 0.6) is 5.75 Å². The highest BCUT2D eigenvalue weighted by Crippen LogP contribution is 2.27. The van der Waals surface area contributed by atoms with Crippen molar-refractivity contribution in [2.24, 2.45) is 5.92 Å². The Kier molecular flexibility index (Phi) is 9.71. The molecule has 0 saturated carbocycles. The predicted molar refractivity (Wildman–Crippen MR) is 151 cm³/mol. The van der Waals surface area contributed by atoms with Crippen molar-refractivity contribution < 1.29 is 32.4 Å². The van der Waals surface area contributed by atoms with Crippen LogP contribution in [0.25, 0.3) is 0 Å². The zero-order valence-corrected chi connectivity index (χ0v) is 25.3. The minimum absolute atomic E-state index is 0.0749. The summed E-state index contributed by atoms with van der Waals surface area (Å²) >= 11 is 0. The molecular formula is C28H39N5O7S. The molecule has 0 aliphatic carbocycles. The number of hydroxylamine groups is 1. The van der Waals surface area contributed by atoms with Gasteiger partial charge >= 0.3 is 12.0 Å². The van der Waals surface area contributed by atoms with Gasteiger partial charge in [0.05, 0.1) is 23.3 Å². The number of ether oxygens (including phenoxy) is 1. The van der Waals surface area contributed by atoms with Gasteiger partial charge in [-0.3, -0.25) is 14.5 Å². The van der Waals surface area contributed by atoms with E-state index in [1.165, 1.54) is 9.21 Å². The van der Waals surface area contributed by atoms with Crippen molar-refractivity contribution in [3.8, 4) is 11.8 Å². The number of imide groups is 1. The van der Waals surface area contributed by atoms with E-state index in [0.717, 1.165) is 4.90 Å². The summed E-state index contributed by atoms with van der Waals surface area (Å²) in [6.45, 7) is 8.82. The lowest BCUT2D eigenvalue weighted by Gasteiger charge is -2.29. The van der Waals surface area contributed by atoms with Gasteiger partial charge in [0.1, 0.15) is 11.1 Å². The third-order valence-corrected chi connectivity index (χ3v) is 9.00. The first-order chi connectivity index (χ1) is 19.0. The number of likely N-dealkylation sites (N-methyl/N-ethyl adjacent to an activating group) is 1. The number of esters is 1. The molecule has 0 spiro atoms. The molecule has 2 heterocycles. The molecule has 0 bridgehead atoms. The first-order valence-corrected chi connectivity index (χ1v) is 15.1. The first-order valence-electron chi connectivity index (χ1n) is 13.5. The van der Waals surface area contributed by atoms with E-state index in [2.05, 4.69) is 5.48 Å². The number of urea groups is 1. The second kappa shape index (κ2) is 12.5. The zero-order valence-electron chi connectivity index (χ0n) is 24.5. The third kappa shape index (κ3) is 7.98. The van der Waals surface area contributed by atoms with Gasteiger partial charge in [0, 0.05) is 38.8 Å². The van der Waals surface area contributed by atoms with Crippen molar-refractivity contribution in [1.82, 2.24) is 19.6 Å². The maximum absolute atomic E-state index is 13.3. The van der Waals surface area contributed by atoms with Crippen molar-refractivity contribution in [2.45, 2.75) is 65.0 Å². The second-order valence-corrected chi connectivity index (χ2v) is 13.7. The standard InChI is InChI=1S/C28H39N5O7S/c1-27(2,3)39-24(34)21(8-7-15-33-25(35)28(4,5)31(6)26(33)36)19-41(37,38)32-16-13-22(14-17-32)30-40-23-11-9-20(18-29)10-12-23/h9-13,21,30H,7-8,14-17,19H2,1-6H3. The number of hydrogen-bond acceptors (Lipinski definition) is 9. The van der Waals surface area contributed by atoms with Crippen molar-refractivity contribution in [3.05, 3.63) is 41.6 Å². The highest BCUT2D eigenvalue weighted by atomic mass is 32.2. The third-order valence-electron chi connectivity index (χ3n) is 7.06.